The van der Waals surface area contributed by atoms with Gasteiger partial charge in [0.05, 0.1) is 4.90 Å². The van der Waals surface area contributed by atoms with Gasteiger partial charge in [0, 0.05) is 43.7 Å². The number of halogens is 3. The minimum Gasteiger partial charge on any atom is -0.314 e. The van der Waals surface area contributed by atoms with Crippen molar-refractivity contribution in [1.82, 2.24) is 14.9 Å². The average molecular weight is 435 g/mol. The van der Waals surface area contributed by atoms with Gasteiger partial charge in [-0.3, -0.25) is 4.90 Å². The number of sulfonamides is 1. The van der Waals surface area contributed by atoms with Crippen LogP contribution in [0.2, 0.25) is 0 Å². The molecule has 0 saturated carbocycles. The summed E-state index contributed by atoms with van der Waals surface area (Å²) in [6, 6.07) is 5.07. The third-order valence-corrected chi connectivity index (χ3v) is 5.70. The minimum absolute atomic E-state index is 0. The Balaban J connectivity index is 0.00000220. The third kappa shape index (κ3) is 6.31. The molecule has 2 rings (SSSR count). The van der Waals surface area contributed by atoms with E-state index in [0.29, 0.717) is 11.4 Å². The molecule has 0 radical (unpaired) electrons. The number of hydrogen-bond acceptors (Lipinski definition) is 4. The highest BCUT2D eigenvalue weighted by Gasteiger charge is 2.15. The molecule has 0 aliphatic carbocycles. The van der Waals surface area contributed by atoms with Gasteiger partial charge in [0.2, 0.25) is 10.0 Å². The molecule has 0 spiro atoms. The van der Waals surface area contributed by atoms with Crippen LogP contribution in [0.3, 0.4) is 0 Å². The molecule has 0 aromatic heterocycles. The molecule has 0 unspecified atom stereocenters. The van der Waals surface area contributed by atoms with Gasteiger partial charge < -0.3 is 5.32 Å². The highest BCUT2D eigenvalue weighted by Crippen LogP contribution is 2.20. The van der Waals surface area contributed by atoms with Crippen molar-refractivity contribution in [3.63, 3.8) is 0 Å². The van der Waals surface area contributed by atoms with Crippen LogP contribution in [0.25, 0.3) is 0 Å². The van der Waals surface area contributed by atoms with Gasteiger partial charge in [0.25, 0.3) is 0 Å². The van der Waals surface area contributed by atoms with Crippen LogP contribution in [-0.2, 0) is 10.0 Å². The van der Waals surface area contributed by atoms with Gasteiger partial charge in [0.15, 0.2) is 0 Å². The van der Waals surface area contributed by atoms with E-state index in [-0.39, 0.29) is 24.8 Å². The summed E-state index contributed by atoms with van der Waals surface area (Å²) in [6.45, 7) is 6.99. The molecular weight excluding hydrogens is 413 g/mol. The molecule has 2 N–H and O–H groups in total. The van der Waals surface area contributed by atoms with Gasteiger partial charge in [-0.25, -0.2) is 13.1 Å². The molecule has 1 saturated heterocycles. The SMILES string of the molecule is Cc1ccc(S(=O)(=O)NCCN2CCNCC2)cc1Br.Cl.Cl. The second kappa shape index (κ2) is 10.1. The maximum atomic E-state index is 12.2. The molecule has 22 heavy (non-hydrogen) atoms. The highest BCUT2D eigenvalue weighted by molar-refractivity contribution is 9.10. The molecule has 5 nitrogen and oxygen atoms in total. The first-order valence-corrected chi connectivity index (χ1v) is 8.95. The van der Waals surface area contributed by atoms with Crippen molar-refractivity contribution in [2.45, 2.75) is 11.8 Å². The molecule has 0 bridgehead atoms. The maximum Gasteiger partial charge on any atom is 0.240 e. The molecular formula is C13H22BrCl2N3O2S. The normalized spacial score (nSPS) is 15.7. The Morgan fingerprint density at radius 1 is 1.27 bits per heavy atom. The van der Waals surface area contributed by atoms with Crippen molar-refractivity contribution in [2.24, 2.45) is 0 Å². The molecule has 1 aliphatic rings. The first-order valence-electron chi connectivity index (χ1n) is 6.68. The summed E-state index contributed by atoms with van der Waals surface area (Å²) >= 11 is 3.36. The monoisotopic (exact) mass is 433 g/mol. The van der Waals surface area contributed by atoms with Crippen molar-refractivity contribution in [1.29, 1.82) is 0 Å². The maximum absolute atomic E-state index is 12.2. The lowest BCUT2D eigenvalue weighted by Gasteiger charge is -2.27. The van der Waals surface area contributed by atoms with Crippen molar-refractivity contribution < 1.29 is 8.42 Å². The number of piperazine rings is 1. The van der Waals surface area contributed by atoms with Crippen LogP contribution < -0.4 is 10.0 Å². The van der Waals surface area contributed by atoms with E-state index in [0.717, 1.165) is 42.8 Å². The van der Waals surface area contributed by atoms with E-state index in [1.165, 1.54) is 0 Å². The average Bonchev–Trinajstić information content (AvgIpc) is 2.43. The fraction of sp³-hybridized carbons (Fsp3) is 0.538. The van der Waals surface area contributed by atoms with Crippen LogP contribution in [0.4, 0.5) is 0 Å². The first-order chi connectivity index (χ1) is 9.49. The number of aryl methyl sites for hydroxylation is 1. The van der Waals surface area contributed by atoms with Crippen LogP contribution in [0.15, 0.2) is 27.6 Å². The summed E-state index contributed by atoms with van der Waals surface area (Å²) in [6.07, 6.45) is 0. The number of nitrogens with zero attached hydrogens (tertiary/aromatic N) is 1. The first kappa shape index (κ1) is 22.1. The largest absolute Gasteiger partial charge is 0.314 e. The van der Waals surface area contributed by atoms with E-state index in [2.05, 4.69) is 30.9 Å². The van der Waals surface area contributed by atoms with Crippen LogP contribution >= 0.6 is 40.7 Å². The lowest BCUT2D eigenvalue weighted by molar-refractivity contribution is 0.245. The zero-order chi connectivity index (χ0) is 14.6. The van der Waals surface area contributed by atoms with Gasteiger partial charge in [-0.15, -0.1) is 24.8 Å². The standard InChI is InChI=1S/C13H20BrN3O2S.2ClH/c1-11-2-3-12(10-13(11)14)20(18,19)16-6-9-17-7-4-15-5-8-17;;/h2-3,10,15-16H,4-9H2,1H3;2*1H. The van der Waals surface area contributed by atoms with E-state index in [4.69, 9.17) is 0 Å². The topological polar surface area (TPSA) is 61.4 Å². The lowest BCUT2D eigenvalue weighted by atomic mass is 10.2. The summed E-state index contributed by atoms with van der Waals surface area (Å²) in [5.74, 6) is 0. The summed E-state index contributed by atoms with van der Waals surface area (Å²) in [4.78, 5) is 2.56. The second-order valence-corrected chi connectivity index (χ2v) is 7.52. The molecule has 1 fully saturated rings. The number of benzene rings is 1. The quantitative estimate of drug-likeness (QED) is 0.741. The van der Waals surface area contributed by atoms with Gasteiger partial charge in [-0.2, -0.15) is 0 Å². The zero-order valence-corrected chi connectivity index (χ0v) is 16.4. The molecule has 1 aromatic rings. The fourth-order valence-corrected chi connectivity index (χ4v) is 3.67. The van der Waals surface area contributed by atoms with Crippen LogP contribution in [-0.4, -0.2) is 52.6 Å². The van der Waals surface area contributed by atoms with Crippen molar-refractivity contribution in [3.8, 4) is 0 Å². The predicted octanol–water partition coefficient (Wildman–Crippen LogP) is 1.78. The van der Waals surface area contributed by atoms with Crippen molar-refractivity contribution in [2.75, 3.05) is 39.3 Å². The highest BCUT2D eigenvalue weighted by atomic mass is 79.9. The summed E-state index contributed by atoms with van der Waals surface area (Å²) in [5.41, 5.74) is 1.02. The van der Waals surface area contributed by atoms with Gasteiger partial charge >= 0.3 is 0 Å². The smallest absolute Gasteiger partial charge is 0.240 e. The van der Waals surface area contributed by atoms with Crippen LogP contribution in [0.5, 0.6) is 0 Å². The van der Waals surface area contributed by atoms with Gasteiger partial charge in [-0.05, 0) is 24.6 Å². The molecule has 1 aromatic carbocycles. The van der Waals surface area contributed by atoms with Crippen molar-refractivity contribution in [3.05, 3.63) is 28.2 Å². The molecule has 128 valence electrons. The predicted molar refractivity (Wildman–Crippen MR) is 97.9 cm³/mol. The van der Waals surface area contributed by atoms with Crippen molar-refractivity contribution >= 4 is 50.8 Å². The summed E-state index contributed by atoms with van der Waals surface area (Å²) in [5, 5.41) is 3.27. The Morgan fingerprint density at radius 3 is 2.50 bits per heavy atom. The molecule has 9 heteroatoms. The Hall–Kier alpha value is 0.110. The summed E-state index contributed by atoms with van der Waals surface area (Å²) < 4.78 is 27.8. The Labute approximate surface area is 153 Å². The number of nitrogens with one attached hydrogen (secondary N) is 2. The molecule has 0 amide bonds. The van der Waals surface area contributed by atoms with Gasteiger partial charge in [-0.1, -0.05) is 22.0 Å². The summed E-state index contributed by atoms with van der Waals surface area (Å²) in [7, 11) is -3.42. The van der Waals surface area contributed by atoms with Gasteiger partial charge in [0.1, 0.15) is 0 Å². The third-order valence-electron chi connectivity index (χ3n) is 3.38. The fourth-order valence-electron chi connectivity index (χ4n) is 2.10. The molecule has 1 aliphatic heterocycles. The lowest BCUT2D eigenvalue weighted by Crippen LogP contribution is -2.46. The Bertz CT molecular complexity index is 566. The Kier molecular flexibility index (Phi) is 10.1. The van der Waals surface area contributed by atoms with E-state index < -0.39 is 10.0 Å². The minimum atomic E-state index is -3.42. The second-order valence-electron chi connectivity index (χ2n) is 4.90. The molecule has 1 heterocycles. The van der Waals surface area contributed by atoms with Crippen LogP contribution in [0, 0.1) is 6.92 Å². The van der Waals surface area contributed by atoms with E-state index in [1.807, 2.05) is 6.92 Å². The van der Waals surface area contributed by atoms with E-state index in [1.54, 1.807) is 18.2 Å². The zero-order valence-electron chi connectivity index (χ0n) is 12.3. The van der Waals surface area contributed by atoms with E-state index in [9.17, 15) is 8.42 Å². The number of rotatable bonds is 5. The van der Waals surface area contributed by atoms with Crippen LogP contribution in [0.1, 0.15) is 5.56 Å². The number of hydrogen-bond donors (Lipinski definition) is 2. The Morgan fingerprint density at radius 2 is 1.91 bits per heavy atom. The van der Waals surface area contributed by atoms with E-state index >= 15 is 0 Å². The molecule has 0 atom stereocenters.